The van der Waals surface area contributed by atoms with Crippen molar-refractivity contribution in [3.63, 3.8) is 0 Å². The maximum absolute atomic E-state index is 11.8. The summed E-state index contributed by atoms with van der Waals surface area (Å²) in [4.78, 5) is 25.7. The zero-order valence-corrected chi connectivity index (χ0v) is 14.8. The molecule has 0 radical (unpaired) electrons. The zero-order valence-electron chi connectivity index (χ0n) is 14.8. The number of hydrogen-bond acceptors (Lipinski definition) is 6. The molecule has 1 amide bonds. The molecule has 2 N–H and O–H groups in total. The fraction of sp³-hybridized carbons (Fsp3) is 0.556. The van der Waals surface area contributed by atoms with Gasteiger partial charge >= 0.3 is 5.97 Å². The zero-order chi connectivity index (χ0) is 17.9. The first kappa shape index (κ1) is 19.2. The summed E-state index contributed by atoms with van der Waals surface area (Å²) >= 11 is 0. The second kappa shape index (κ2) is 10.7. The first-order valence-electron chi connectivity index (χ1n) is 8.77. The molecule has 1 aliphatic heterocycles. The Balaban J connectivity index is 1.59. The Morgan fingerprint density at radius 1 is 1.16 bits per heavy atom. The highest BCUT2D eigenvalue weighted by Gasteiger charge is 2.10. The number of morpholine rings is 1. The van der Waals surface area contributed by atoms with Crippen LogP contribution in [0.3, 0.4) is 0 Å². The van der Waals surface area contributed by atoms with Crippen LogP contribution in [0.5, 0.6) is 0 Å². The van der Waals surface area contributed by atoms with Crippen molar-refractivity contribution in [2.75, 3.05) is 57.9 Å². The number of rotatable bonds is 9. The molecule has 0 aromatic heterocycles. The summed E-state index contributed by atoms with van der Waals surface area (Å²) < 4.78 is 10.2. The van der Waals surface area contributed by atoms with Gasteiger partial charge in [-0.15, -0.1) is 0 Å². The molecule has 0 unspecified atom stereocenters. The van der Waals surface area contributed by atoms with Crippen molar-refractivity contribution in [1.29, 1.82) is 0 Å². The molecule has 25 heavy (non-hydrogen) atoms. The van der Waals surface area contributed by atoms with E-state index in [2.05, 4.69) is 15.5 Å². The quantitative estimate of drug-likeness (QED) is 0.650. The van der Waals surface area contributed by atoms with E-state index in [4.69, 9.17) is 9.47 Å². The van der Waals surface area contributed by atoms with Crippen LogP contribution in [0.15, 0.2) is 24.3 Å². The Hall–Kier alpha value is -2.12. The first-order chi connectivity index (χ1) is 12.2. The SMILES string of the molecule is CCOC(=O)c1ccc(NCCC(=O)NCCN2CCOCC2)cc1. The lowest BCUT2D eigenvalue weighted by Crippen LogP contribution is -2.41. The van der Waals surface area contributed by atoms with Gasteiger partial charge in [0.1, 0.15) is 0 Å². The van der Waals surface area contributed by atoms with Crippen LogP contribution in [0.25, 0.3) is 0 Å². The largest absolute Gasteiger partial charge is 0.462 e. The van der Waals surface area contributed by atoms with Crippen molar-refractivity contribution in [2.45, 2.75) is 13.3 Å². The summed E-state index contributed by atoms with van der Waals surface area (Å²) in [5.41, 5.74) is 1.39. The second-order valence-electron chi connectivity index (χ2n) is 5.78. The molecule has 1 aromatic rings. The third-order valence-corrected chi connectivity index (χ3v) is 3.93. The smallest absolute Gasteiger partial charge is 0.338 e. The third-order valence-electron chi connectivity index (χ3n) is 3.93. The monoisotopic (exact) mass is 349 g/mol. The second-order valence-corrected chi connectivity index (χ2v) is 5.78. The van der Waals surface area contributed by atoms with Gasteiger partial charge in [-0.25, -0.2) is 4.79 Å². The Labute approximate surface area is 148 Å². The average molecular weight is 349 g/mol. The van der Waals surface area contributed by atoms with Crippen LogP contribution in [0, 0.1) is 0 Å². The minimum absolute atomic E-state index is 0.0314. The van der Waals surface area contributed by atoms with E-state index in [0.717, 1.165) is 38.5 Å². The molecular weight excluding hydrogens is 322 g/mol. The lowest BCUT2D eigenvalue weighted by molar-refractivity contribution is -0.120. The normalized spacial score (nSPS) is 14.8. The van der Waals surface area contributed by atoms with Crippen LogP contribution < -0.4 is 10.6 Å². The summed E-state index contributed by atoms with van der Waals surface area (Å²) in [6.45, 7) is 7.60. The minimum Gasteiger partial charge on any atom is -0.462 e. The number of amides is 1. The summed E-state index contributed by atoms with van der Waals surface area (Å²) in [5.74, 6) is -0.294. The van der Waals surface area contributed by atoms with E-state index >= 15 is 0 Å². The Bertz CT molecular complexity index is 542. The molecule has 138 valence electrons. The van der Waals surface area contributed by atoms with Gasteiger partial charge < -0.3 is 20.1 Å². The molecule has 7 heteroatoms. The highest BCUT2D eigenvalue weighted by Crippen LogP contribution is 2.10. The molecule has 2 rings (SSSR count). The fourth-order valence-corrected chi connectivity index (χ4v) is 2.53. The number of benzene rings is 1. The van der Waals surface area contributed by atoms with E-state index < -0.39 is 0 Å². The van der Waals surface area contributed by atoms with E-state index in [1.807, 2.05) is 12.1 Å². The third kappa shape index (κ3) is 7.11. The maximum atomic E-state index is 11.8. The Kier molecular flexibility index (Phi) is 8.21. The summed E-state index contributed by atoms with van der Waals surface area (Å²) in [5, 5.41) is 6.11. The maximum Gasteiger partial charge on any atom is 0.338 e. The molecule has 7 nitrogen and oxygen atoms in total. The van der Waals surface area contributed by atoms with Crippen molar-refractivity contribution < 1.29 is 19.1 Å². The van der Waals surface area contributed by atoms with Crippen molar-refractivity contribution in [3.8, 4) is 0 Å². The van der Waals surface area contributed by atoms with Crippen molar-refractivity contribution in [3.05, 3.63) is 29.8 Å². The Morgan fingerprint density at radius 3 is 2.56 bits per heavy atom. The van der Waals surface area contributed by atoms with E-state index in [0.29, 0.717) is 31.7 Å². The molecule has 1 heterocycles. The number of carbonyl (C=O) groups excluding carboxylic acids is 2. The van der Waals surface area contributed by atoms with Gasteiger partial charge in [-0.1, -0.05) is 0 Å². The van der Waals surface area contributed by atoms with Crippen LogP contribution in [0.1, 0.15) is 23.7 Å². The number of anilines is 1. The van der Waals surface area contributed by atoms with Crippen molar-refractivity contribution in [1.82, 2.24) is 10.2 Å². The van der Waals surface area contributed by atoms with Crippen molar-refractivity contribution >= 4 is 17.6 Å². The molecule has 0 aliphatic carbocycles. The highest BCUT2D eigenvalue weighted by atomic mass is 16.5. The van der Waals surface area contributed by atoms with Gasteiger partial charge in [0.2, 0.25) is 5.91 Å². The van der Waals surface area contributed by atoms with Crippen LogP contribution >= 0.6 is 0 Å². The molecular formula is C18H27N3O4. The molecule has 1 aromatic carbocycles. The van der Waals surface area contributed by atoms with E-state index in [9.17, 15) is 9.59 Å². The minimum atomic E-state index is -0.325. The van der Waals surface area contributed by atoms with E-state index in [1.165, 1.54) is 0 Å². The molecule has 1 aliphatic rings. The first-order valence-corrected chi connectivity index (χ1v) is 8.77. The number of esters is 1. The fourth-order valence-electron chi connectivity index (χ4n) is 2.53. The van der Waals surface area contributed by atoms with Gasteiger partial charge in [-0.05, 0) is 31.2 Å². The number of hydrogen-bond donors (Lipinski definition) is 2. The molecule has 0 saturated carbocycles. The predicted molar refractivity (Wildman–Crippen MR) is 95.8 cm³/mol. The number of carbonyl (C=O) groups is 2. The van der Waals surface area contributed by atoms with Crippen LogP contribution in [0.4, 0.5) is 5.69 Å². The Morgan fingerprint density at radius 2 is 1.88 bits per heavy atom. The number of nitrogens with zero attached hydrogens (tertiary/aromatic N) is 1. The predicted octanol–water partition coefficient (Wildman–Crippen LogP) is 1.11. The van der Waals surface area contributed by atoms with Gasteiger partial charge in [0.05, 0.1) is 25.4 Å². The molecule has 0 spiro atoms. The topological polar surface area (TPSA) is 79.9 Å². The highest BCUT2D eigenvalue weighted by molar-refractivity contribution is 5.89. The molecule has 0 atom stereocenters. The average Bonchev–Trinajstić information content (AvgIpc) is 2.63. The lowest BCUT2D eigenvalue weighted by Gasteiger charge is -2.26. The standard InChI is InChI=1S/C18H27N3O4/c1-2-25-18(23)15-3-5-16(6-4-15)19-8-7-17(22)20-9-10-21-11-13-24-14-12-21/h3-6,19H,2,7-14H2,1H3,(H,20,22). The van der Waals surface area contributed by atoms with Gasteiger partial charge in [0, 0.05) is 44.8 Å². The van der Waals surface area contributed by atoms with Gasteiger partial charge in [0.15, 0.2) is 0 Å². The number of nitrogens with one attached hydrogen (secondary N) is 2. The van der Waals surface area contributed by atoms with E-state index in [-0.39, 0.29) is 11.9 Å². The van der Waals surface area contributed by atoms with E-state index in [1.54, 1.807) is 19.1 Å². The van der Waals surface area contributed by atoms with Crippen LogP contribution in [0.2, 0.25) is 0 Å². The van der Waals surface area contributed by atoms with Gasteiger partial charge in [-0.3, -0.25) is 9.69 Å². The summed E-state index contributed by atoms with van der Waals surface area (Å²) in [6.07, 6.45) is 0.405. The van der Waals surface area contributed by atoms with Gasteiger partial charge in [0.25, 0.3) is 0 Å². The van der Waals surface area contributed by atoms with Crippen LogP contribution in [-0.2, 0) is 14.3 Å². The summed E-state index contributed by atoms with van der Waals surface area (Å²) in [6, 6.07) is 7.04. The lowest BCUT2D eigenvalue weighted by atomic mass is 10.2. The van der Waals surface area contributed by atoms with Gasteiger partial charge in [-0.2, -0.15) is 0 Å². The number of ether oxygens (including phenoxy) is 2. The molecule has 1 fully saturated rings. The summed E-state index contributed by atoms with van der Waals surface area (Å²) in [7, 11) is 0. The van der Waals surface area contributed by atoms with Crippen LogP contribution in [-0.4, -0.2) is 69.3 Å². The molecule has 1 saturated heterocycles. The van der Waals surface area contributed by atoms with Crippen molar-refractivity contribution in [2.24, 2.45) is 0 Å². The molecule has 0 bridgehead atoms.